The number of nitrogens with zero attached hydrogens (tertiary/aromatic N) is 2. The van der Waals surface area contributed by atoms with E-state index in [4.69, 9.17) is 11.6 Å². The SMILES string of the molecule is O=C(Cc1ccccc1Cl)N1CCN(C(=O)NCc2cccc(C(F)(F)F)c2)CC1. The van der Waals surface area contributed by atoms with E-state index in [9.17, 15) is 22.8 Å². The van der Waals surface area contributed by atoms with Crippen molar-refractivity contribution in [3.63, 3.8) is 0 Å². The molecule has 9 heteroatoms. The van der Waals surface area contributed by atoms with Gasteiger partial charge in [0.1, 0.15) is 0 Å². The zero-order valence-corrected chi connectivity index (χ0v) is 16.8. The number of hydrogen-bond acceptors (Lipinski definition) is 2. The van der Waals surface area contributed by atoms with E-state index in [1.54, 1.807) is 28.0 Å². The minimum atomic E-state index is -4.42. The van der Waals surface area contributed by atoms with Gasteiger partial charge in [0.15, 0.2) is 0 Å². The van der Waals surface area contributed by atoms with Crippen molar-refractivity contribution in [3.05, 3.63) is 70.2 Å². The van der Waals surface area contributed by atoms with E-state index in [1.165, 1.54) is 12.1 Å². The molecule has 0 spiro atoms. The van der Waals surface area contributed by atoms with Crippen molar-refractivity contribution in [1.82, 2.24) is 15.1 Å². The summed E-state index contributed by atoms with van der Waals surface area (Å²) in [5.41, 5.74) is 0.372. The van der Waals surface area contributed by atoms with Gasteiger partial charge in [-0.2, -0.15) is 13.2 Å². The Balaban J connectivity index is 1.47. The number of halogens is 4. The standard InChI is InChI=1S/C21H21ClF3N3O2/c22-18-7-2-1-5-16(18)13-19(29)27-8-10-28(11-9-27)20(30)26-14-15-4-3-6-17(12-15)21(23,24)25/h1-7,12H,8-11,13-14H2,(H,26,30). The average Bonchev–Trinajstić information content (AvgIpc) is 2.73. The Morgan fingerprint density at radius 2 is 1.63 bits per heavy atom. The predicted octanol–water partition coefficient (Wildman–Crippen LogP) is 3.96. The second kappa shape index (κ2) is 9.38. The number of nitrogens with one attached hydrogen (secondary N) is 1. The molecule has 3 amide bonds. The van der Waals surface area contributed by atoms with Gasteiger partial charge < -0.3 is 15.1 Å². The van der Waals surface area contributed by atoms with E-state index in [-0.39, 0.29) is 24.9 Å². The Bertz CT molecular complexity index is 912. The molecule has 1 fully saturated rings. The van der Waals surface area contributed by atoms with Crippen molar-refractivity contribution in [1.29, 1.82) is 0 Å². The van der Waals surface area contributed by atoms with Crippen LogP contribution in [0.4, 0.5) is 18.0 Å². The Morgan fingerprint density at radius 3 is 2.30 bits per heavy atom. The van der Waals surface area contributed by atoms with Gasteiger partial charge in [-0.3, -0.25) is 4.79 Å². The van der Waals surface area contributed by atoms with Gasteiger partial charge in [-0.15, -0.1) is 0 Å². The Labute approximate surface area is 177 Å². The molecule has 1 N–H and O–H groups in total. The number of urea groups is 1. The van der Waals surface area contributed by atoms with Crippen LogP contribution in [0.25, 0.3) is 0 Å². The normalized spacial score (nSPS) is 14.5. The molecule has 0 bridgehead atoms. The second-order valence-corrected chi connectivity index (χ2v) is 7.40. The van der Waals surface area contributed by atoms with Crippen molar-refractivity contribution in [3.8, 4) is 0 Å². The summed E-state index contributed by atoms with van der Waals surface area (Å²) in [6.07, 6.45) is -4.23. The van der Waals surface area contributed by atoms with Gasteiger partial charge in [0, 0.05) is 37.7 Å². The smallest absolute Gasteiger partial charge is 0.339 e. The molecule has 0 saturated carbocycles. The first-order valence-corrected chi connectivity index (χ1v) is 9.82. The molecular formula is C21H21ClF3N3O2. The average molecular weight is 440 g/mol. The van der Waals surface area contributed by atoms with Crippen LogP contribution in [0.1, 0.15) is 16.7 Å². The third-order valence-electron chi connectivity index (χ3n) is 4.92. The van der Waals surface area contributed by atoms with E-state index < -0.39 is 11.7 Å². The lowest BCUT2D eigenvalue weighted by atomic mass is 10.1. The maximum Gasteiger partial charge on any atom is 0.416 e. The highest BCUT2D eigenvalue weighted by molar-refractivity contribution is 6.31. The molecule has 0 aromatic heterocycles. The quantitative estimate of drug-likeness (QED) is 0.784. The molecule has 1 heterocycles. The zero-order chi connectivity index (χ0) is 21.7. The number of hydrogen-bond donors (Lipinski definition) is 1. The van der Waals surface area contributed by atoms with Gasteiger partial charge in [0.25, 0.3) is 0 Å². The van der Waals surface area contributed by atoms with Crippen LogP contribution in [-0.4, -0.2) is 47.9 Å². The Morgan fingerprint density at radius 1 is 0.967 bits per heavy atom. The van der Waals surface area contributed by atoms with Gasteiger partial charge in [-0.05, 0) is 29.3 Å². The maximum atomic E-state index is 12.8. The number of piperazine rings is 1. The van der Waals surface area contributed by atoms with Gasteiger partial charge >= 0.3 is 12.2 Å². The van der Waals surface area contributed by atoms with E-state index >= 15 is 0 Å². The van der Waals surface area contributed by atoms with Gasteiger partial charge in [0.05, 0.1) is 12.0 Å². The lowest BCUT2D eigenvalue weighted by Crippen LogP contribution is -2.53. The van der Waals surface area contributed by atoms with Gasteiger partial charge in [-0.25, -0.2) is 4.79 Å². The number of carbonyl (C=O) groups is 2. The second-order valence-electron chi connectivity index (χ2n) is 6.99. The number of rotatable bonds is 4. The van der Waals surface area contributed by atoms with Crippen LogP contribution in [0.15, 0.2) is 48.5 Å². The molecule has 0 aliphatic carbocycles. The first-order valence-electron chi connectivity index (χ1n) is 9.44. The summed E-state index contributed by atoms with van der Waals surface area (Å²) in [7, 11) is 0. The molecule has 0 unspecified atom stereocenters. The number of amides is 3. The van der Waals surface area contributed by atoms with E-state index in [2.05, 4.69) is 5.32 Å². The summed E-state index contributed by atoms with van der Waals surface area (Å²) in [6.45, 7) is 1.47. The maximum absolute atomic E-state index is 12.8. The molecule has 2 aromatic rings. The molecule has 1 aliphatic heterocycles. The monoisotopic (exact) mass is 439 g/mol. The van der Waals surface area contributed by atoms with Crippen LogP contribution >= 0.6 is 11.6 Å². The van der Waals surface area contributed by atoms with E-state index in [1.807, 2.05) is 6.07 Å². The lowest BCUT2D eigenvalue weighted by molar-refractivity contribution is -0.137. The van der Waals surface area contributed by atoms with Crippen LogP contribution in [0.3, 0.4) is 0 Å². The first-order chi connectivity index (χ1) is 14.2. The summed E-state index contributed by atoms with van der Waals surface area (Å²) in [5.74, 6) is -0.0628. The minimum Gasteiger partial charge on any atom is -0.339 e. The highest BCUT2D eigenvalue weighted by Crippen LogP contribution is 2.29. The van der Waals surface area contributed by atoms with Gasteiger partial charge in [-0.1, -0.05) is 41.9 Å². The Kier molecular flexibility index (Phi) is 6.87. The highest BCUT2D eigenvalue weighted by atomic mass is 35.5. The summed E-state index contributed by atoms with van der Waals surface area (Å²) in [5, 5.41) is 3.18. The molecule has 1 saturated heterocycles. The molecule has 0 atom stereocenters. The zero-order valence-electron chi connectivity index (χ0n) is 16.1. The van der Waals surface area contributed by atoms with Crippen molar-refractivity contribution in [2.24, 2.45) is 0 Å². The van der Waals surface area contributed by atoms with Crippen molar-refractivity contribution >= 4 is 23.5 Å². The molecule has 0 radical (unpaired) electrons. The topological polar surface area (TPSA) is 52.7 Å². The molecule has 1 aliphatic rings. The van der Waals surface area contributed by atoms with E-state index in [0.717, 1.165) is 17.7 Å². The molecule has 30 heavy (non-hydrogen) atoms. The van der Waals surface area contributed by atoms with Crippen molar-refractivity contribution < 1.29 is 22.8 Å². The van der Waals surface area contributed by atoms with Gasteiger partial charge in [0.2, 0.25) is 5.91 Å². The van der Waals surface area contributed by atoms with Crippen LogP contribution in [0.5, 0.6) is 0 Å². The molecular weight excluding hydrogens is 419 g/mol. The van der Waals surface area contributed by atoms with Crippen LogP contribution in [0, 0.1) is 0 Å². The molecule has 2 aromatic carbocycles. The van der Waals surface area contributed by atoms with Crippen molar-refractivity contribution in [2.75, 3.05) is 26.2 Å². The largest absolute Gasteiger partial charge is 0.416 e. The Hall–Kier alpha value is -2.74. The van der Waals surface area contributed by atoms with Crippen molar-refractivity contribution in [2.45, 2.75) is 19.1 Å². The van der Waals surface area contributed by atoms with Crippen LogP contribution in [0.2, 0.25) is 5.02 Å². The lowest BCUT2D eigenvalue weighted by Gasteiger charge is -2.34. The third kappa shape index (κ3) is 5.66. The fourth-order valence-electron chi connectivity index (χ4n) is 3.22. The van der Waals surface area contributed by atoms with Crippen LogP contribution < -0.4 is 5.32 Å². The summed E-state index contributed by atoms with van der Waals surface area (Å²) in [6, 6.07) is 11.6. The molecule has 5 nitrogen and oxygen atoms in total. The van der Waals surface area contributed by atoms with E-state index in [0.29, 0.717) is 36.8 Å². The summed E-state index contributed by atoms with van der Waals surface area (Å²) >= 11 is 6.10. The predicted molar refractivity (Wildman–Crippen MR) is 107 cm³/mol. The molecule has 160 valence electrons. The number of carbonyl (C=O) groups excluding carboxylic acids is 2. The number of alkyl halides is 3. The summed E-state index contributed by atoms with van der Waals surface area (Å²) < 4.78 is 38.4. The fourth-order valence-corrected chi connectivity index (χ4v) is 3.43. The number of benzene rings is 2. The minimum absolute atomic E-state index is 0.00555. The van der Waals surface area contributed by atoms with Crippen LogP contribution in [-0.2, 0) is 23.9 Å². The molecule has 3 rings (SSSR count). The fraction of sp³-hybridized carbons (Fsp3) is 0.333. The first kappa shape index (κ1) is 22.0. The third-order valence-corrected chi connectivity index (χ3v) is 5.29. The summed E-state index contributed by atoms with van der Waals surface area (Å²) in [4.78, 5) is 28.0. The highest BCUT2D eigenvalue weighted by Gasteiger charge is 2.30.